The van der Waals surface area contributed by atoms with Crippen molar-refractivity contribution in [2.45, 2.75) is 26.5 Å². The molecule has 0 saturated carbocycles. The molecule has 0 atom stereocenters. The second-order valence-corrected chi connectivity index (χ2v) is 9.13. The number of oxazole rings is 1. The minimum absolute atomic E-state index is 0.0340. The lowest BCUT2D eigenvalue weighted by Gasteiger charge is -2.21. The van der Waals surface area contributed by atoms with Crippen molar-refractivity contribution in [3.63, 3.8) is 0 Å². The molecule has 40 heavy (non-hydrogen) atoms. The minimum Gasteiger partial charge on any atom is -0.493 e. The van der Waals surface area contributed by atoms with Gasteiger partial charge in [0.15, 0.2) is 11.5 Å². The number of ether oxygens (including phenoxy) is 4. The van der Waals surface area contributed by atoms with E-state index in [0.29, 0.717) is 47.3 Å². The van der Waals surface area contributed by atoms with Crippen LogP contribution in [-0.2, 0) is 29.1 Å². The maximum atomic E-state index is 12.8. The maximum Gasteiger partial charge on any atom is 0.410 e. The lowest BCUT2D eigenvalue weighted by molar-refractivity contribution is -0.138. The van der Waals surface area contributed by atoms with Crippen molar-refractivity contribution in [3.05, 3.63) is 95.4 Å². The van der Waals surface area contributed by atoms with Gasteiger partial charge in [-0.05, 0) is 54.4 Å². The molecule has 1 aliphatic heterocycles. The molecule has 10 nitrogen and oxygen atoms in total. The lowest BCUT2D eigenvalue weighted by Crippen LogP contribution is -2.35. The lowest BCUT2D eigenvalue weighted by atomic mass is 10.2. The molecule has 0 fully saturated rings. The number of aliphatic carboxylic acids is 1. The molecule has 1 aromatic heterocycles. The number of aromatic nitrogens is 1. The Bertz CT molecular complexity index is 1480. The molecule has 0 unspecified atom stereocenters. The molecule has 0 bridgehead atoms. The molecule has 2 heterocycles. The van der Waals surface area contributed by atoms with Gasteiger partial charge >= 0.3 is 12.1 Å². The molecule has 0 spiro atoms. The summed E-state index contributed by atoms with van der Waals surface area (Å²) in [5.41, 5.74) is 3.11. The fourth-order valence-corrected chi connectivity index (χ4v) is 4.20. The van der Waals surface area contributed by atoms with Crippen molar-refractivity contribution in [1.29, 1.82) is 0 Å². The number of carboxylic acids is 1. The first kappa shape index (κ1) is 26.6. The molecule has 206 valence electrons. The van der Waals surface area contributed by atoms with Crippen LogP contribution in [0, 0.1) is 6.92 Å². The Labute approximate surface area is 230 Å². The van der Waals surface area contributed by atoms with Crippen molar-refractivity contribution in [2.24, 2.45) is 0 Å². The molecule has 0 radical (unpaired) electrons. The molecule has 1 N–H and O–H groups in total. The summed E-state index contributed by atoms with van der Waals surface area (Å²) < 4.78 is 27.8. The number of fused-ring (bicyclic) bond motifs is 1. The number of nitrogens with zero attached hydrogens (tertiary/aromatic N) is 2. The number of benzene rings is 3. The van der Waals surface area contributed by atoms with Gasteiger partial charge in [0.2, 0.25) is 12.7 Å². The molecule has 4 aromatic rings. The van der Waals surface area contributed by atoms with Crippen LogP contribution in [0.15, 0.2) is 77.2 Å². The van der Waals surface area contributed by atoms with Gasteiger partial charge in [-0.3, -0.25) is 9.69 Å². The van der Waals surface area contributed by atoms with E-state index in [2.05, 4.69) is 4.98 Å². The Balaban J connectivity index is 1.17. The molecule has 5 rings (SSSR count). The van der Waals surface area contributed by atoms with Crippen molar-refractivity contribution >= 4 is 12.1 Å². The van der Waals surface area contributed by atoms with E-state index in [1.165, 1.54) is 0 Å². The third-order valence-corrected chi connectivity index (χ3v) is 6.18. The summed E-state index contributed by atoms with van der Waals surface area (Å²) in [6.07, 6.45) is -0.203. The van der Waals surface area contributed by atoms with Gasteiger partial charge in [-0.1, -0.05) is 36.4 Å². The quantitative estimate of drug-likeness (QED) is 0.271. The fraction of sp³-hybridized carbons (Fsp3) is 0.233. The Hall–Kier alpha value is -4.99. The van der Waals surface area contributed by atoms with Crippen LogP contribution in [0.25, 0.3) is 11.5 Å². The number of hydrogen-bond acceptors (Lipinski definition) is 8. The number of rotatable bonds is 11. The summed E-state index contributed by atoms with van der Waals surface area (Å²) in [7, 11) is 0. The largest absolute Gasteiger partial charge is 0.493 e. The average Bonchev–Trinajstić information content (AvgIpc) is 3.58. The smallest absolute Gasteiger partial charge is 0.410 e. The summed E-state index contributed by atoms with van der Waals surface area (Å²) in [4.78, 5) is 30.0. The standard InChI is InChI=1S/C30H28N2O8/c1-20-25(31-29(40-20)23-7-3-2-4-8-23)12-13-36-24-9-5-6-21(14-24)16-32(17-28(33)34)30(35)37-18-22-10-11-26-27(15-22)39-19-38-26/h2-11,14-15H,12-13,16-19H2,1H3,(H,33,34). The Morgan fingerprint density at radius 2 is 1.80 bits per heavy atom. The molecular formula is C30H28N2O8. The van der Waals surface area contributed by atoms with Crippen molar-refractivity contribution < 1.29 is 38.1 Å². The van der Waals surface area contributed by atoms with E-state index in [9.17, 15) is 14.7 Å². The third-order valence-electron chi connectivity index (χ3n) is 6.18. The molecular weight excluding hydrogens is 516 g/mol. The Morgan fingerprint density at radius 3 is 2.62 bits per heavy atom. The van der Waals surface area contributed by atoms with E-state index in [1.54, 1.807) is 42.5 Å². The molecule has 10 heteroatoms. The zero-order chi connectivity index (χ0) is 27.9. The highest BCUT2D eigenvalue weighted by Gasteiger charge is 2.20. The zero-order valence-corrected chi connectivity index (χ0v) is 21.9. The highest BCUT2D eigenvalue weighted by atomic mass is 16.7. The molecule has 1 amide bonds. The molecule has 0 aliphatic carbocycles. The van der Waals surface area contributed by atoms with Gasteiger partial charge in [-0.15, -0.1) is 0 Å². The van der Waals surface area contributed by atoms with E-state index in [1.807, 2.05) is 37.3 Å². The van der Waals surface area contributed by atoms with E-state index < -0.39 is 18.6 Å². The van der Waals surface area contributed by atoms with Crippen LogP contribution >= 0.6 is 0 Å². The number of amides is 1. The predicted molar refractivity (Wildman–Crippen MR) is 143 cm³/mol. The first-order valence-corrected chi connectivity index (χ1v) is 12.7. The summed E-state index contributed by atoms with van der Waals surface area (Å²) in [5, 5.41) is 9.36. The Morgan fingerprint density at radius 1 is 0.975 bits per heavy atom. The van der Waals surface area contributed by atoms with Crippen molar-refractivity contribution in [3.8, 4) is 28.7 Å². The van der Waals surface area contributed by atoms with Crippen LogP contribution in [0.5, 0.6) is 17.2 Å². The normalized spacial score (nSPS) is 11.7. The van der Waals surface area contributed by atoms with Crippen LogP contribution in [-0.4, -0.2) is 47.0 Å². The first-order chi connectivity index (χ1) is 19.4. The second kappa shape index (κ2) is 12.2. The van der Waals surface area contributed by atoms with E-state index >= 15 is 0 Å². The van der Waals surface area contributed by atoms with Gasteiger partial charge in [0, 0.05) is 18.5 Å². The first-order valence-electron chi connectivity index (χ1n) is 12.7. The molecule has 1 aliphatic rings. The molecule has 3 aromatic carbocycles. The van der Waals surface area contributed by atoms with Crippen LogP contribution < -0.4 is 14.2 Å². The number of hydrogen-bond donors (Lipinski definition) is 1. The van der Waals surface area contributed by atoms with Gasteiger partial charge in [0.1, 0.15) is 24.7 Å². The zero-order valence-electron chi connectivity index (χ0n) is 21.9. The SMILES string of the molecule is Cc1oc(-c2ccccc2)nc1CCOc1cccc(CN(CC(=O)O)C(=O)OCc2ccc3c(c2)OCO3)c1. The highest BCUT2D eigenvalue weighted by molar-refractivity contribution is 5.76. The van der Waals surface area contributed by atoms with Gasteiger partial charge < -0.3 is 28.5 Å². The van der Waals surface area contributed by atoms with Crippen LogP contribution in [0.2, 0.25) is 0 Å². The van der Waals surface area contributed by atoms with E-state index in [4.69, 9.17) is 23.4 Å². The summed E-state index contributed by atoms with van der Waals surface area (Å²) in [6, 6.07) is 22.0. The summed E-state index contributed by atoms with van der Waals surface area (Å²) >= 11 is 0. The second-order valence-electron chi connectivity index (χ2n) is 9.13. The number of carbonyl (C=O) groups is 2. The van der Waals surface area contributed by atoms with Crippen molar-refractivity contribution in [2.75, 3.05) is 19.9 Å². The molecule has 0 saturated heterocycles. The van der Waals surface area contributed by atoms with Gasteiger partial charge in [0.05, 0.1) is 12.3 Å². The van der Waals surface area contributed by atoms with Gasteiger partial charge in [0.25, 0.3) is 0 Å². The van der Waals surface area contributed by atoms with Gasteiger partial charge in [-0.25, -0.2) is 9.78 Å². The summed E-state index contributed by atoms with van der Waals surface area (Å²) in [5.74, 6) is 1.94. The average molecular weight is 545 g/mol. The monoisotopic (exact) mass is 544 g/mol. The maximum absolute atomic E-state index is 12.8. The third kappa shape index (κ3) is 6.71. The summed E-state index contributed by atoms with van der Waals surface area (Å²) in [6.45, 7) is 1.86. The highest BCUT2D eigenvalue weighted by Crippen LogP contribution is 2.32. The Kier molecular flexibility index (Phi) is 8.15. The van der Waals surface area contributed by atoms with Crippen LogP contribution in [0.4, 0.5) is 4.79 Å². The minimum atomic E-state index is -1.15. The topological polar surface area (TPSA) is 121 Å². The van der Waals surface area contributed by atoms with E-state index in [0.717, 1.165) is 21.9 Å². The van der Waals surface area contributed by atoms with Crippen LogP contribution in [0.1, 0.15) is 22.6 Å². The van der Waals surface area contributed by atoms with Crippen LogP contribution in [0.3, 0.4) is 0 Å². The number of aryl methyl sites for hydroxylation is 1. The van der Waals surface area contributed by atoms with E-state index in [-0.39, 0.29) is 19.9 Å². The number of carboxylic acid groups (broad SMARTS) is 1. The predicted octanol–water partition coefficient (Wildman–Crippen LogP) is 5.22. The van der Waals surface area contributed by atoms with Crippen molar-refractivity contribution in [1.82, 2.24) is 9.88 Å². The van der Waals surface area contributed by atoms with Gasteiger partial charge in [-0.2, -0.15) is 0 Å². The fourth-order valence-electron chi connectivity index (χ4n) is 4.20. The number of carbonyl (C=O) groups excluding carboxylic acids is 1.